The number of benzene rings is 1. The van der Waals surface area contributed by atoms with Crippen molar-refractivity contribution in [1.29, 1.82) is 0 Å². The Balaban J connectivity index is 0.00000113. The fourth-order valence-corrected chi connectivity index (χ4v) is 10.2. The molecule has 1 aliphatic heterocycles. The van der Waals surface area contributed by atoms with Crippen molar-refractivity contribution in [2.45, 2.75) is 38.7 Å². The molecular weight excluding hydrogens is 475 g/mol. The van der Waals surface area contributed by atoms with E-state index in [9.17, 15) is 5.11 Å². The fourth-order valence-electron chi connectivity index (χ4n) is 4.38. The predicted molar refractivity (Wildman–Crippen MR) is 106 cm³/mol. The summed E-state index contributed by atoms with van der Waals surface area (Å²) in [4.78, 5) is 0. The van der Waals surface area contributed by atoms with E-state index in [4.69, 9.17) is 0 Å². The molecule has 137 valence electrons. The number of halogens is 2. The Bertz CT molecular complexity index is 881. The third kappa shape index (κ3) is 3.58. The van der Waals surface area contributed by atoms with E-state index in [1.54, 1.807) is 21.0 Å². The summed E-state index contributed by atoms with van der Waals surface area (Å²) >= 11 is 0. The van der Waals surface area contributed by atoms with Crippen molar-refractivity contribution < 1.29 is 56.1 Å². The number of fused-ring (bicyclic) bond motifs is 3. The Morgan fingerprint density at radius 3 is 2.54 bits per heavy atom. The van der Waals surface area contributed by atoms with Gasteiger partial charge in [0.15, 0.2) is 0 Å². The van der Waals surface area contributed by atoms with Gasteiger partial charge in [-0.15, -0.1) is 29.0 Å². The number of aliphatic hydroxyl groups excluding tert-OH is 1. The van der Waals surface area contributed by atoms with Crippen molar-refractivity contribution in [3.05, 3.63) is 47.2 Å². The van der Waals surface area contributed by atoms with Gasteiger partial charge in [-0.05, 0) is 18.0 Å². The van der Waals surface area contributed by atoms with Crippen molar-refractivity contribution in [2.75, 3.05) is 6.61 Å². The molecule has 0 saturated heterocycles. The molecule has 0 atom stereocenters. The van der Waals surface area contributed by atoms with Crippen LogP contribution in [0.3, 0.4) is 0 Å². The Morgan fingerprint density at radius 2 is 1.88 bits per heavy atom. The van der Waals surface area contributed by atoms with Crippen LogP contribution in [0.4, 0.5) is 0 Å². The van der Waals surface area contributed by atoms with Gasteiger partial charge in [-0.1, -0.05) is 55.2 Å². The maximum absolute atomic E-state index is 9.47. The van der Waals surface area contributed by atoms with Gasteiger partial charge in [0.1, 0.15) is 0 Å². The average Bonchev–Trinajstić information content (AvgIpc) is 2.96. The summed E-state index contributed by atoms with van der Waals surface area (Å²) in [6.07, 6.45) is 5.72. The minimum absolute atomic E-state index is 0. The zero-order chi connectivity index (χ0) is 16.4. The molecule has 1 nitrogen and oxygen atoms in total. The fraction of sp³-hybridized carbons (Fsp3) is 0.350. The van der Waals surface area contributed by atoms with Crippen LogP contribution in [0.15, 0.2) is 41.6 Å². The van der Waals surface area contributed by atoms with E-state index in [2.05, 4.69) is 62.6 Å². The molecule has 2 aliphatic rings. The molecule has 6 heteroatoms. The summed E-state index contributed by atoms with van der Waals surface area (Å²) in [7, 11) is -2.78. The van der Waals surface area contributed by atoms with Crippen molar-refractivity contribution in [3.63, 3.8) is 0 Å². The average molecular weight is 500 g/mol. The van der Waals surface area contributed by atoms with E-state index >= 15 is 0 Å². The predicted octanol–water partition coefficient (Wildman–Crippen LogP) is -2.35. The van der Waals surface area contributed by atoms with Crippen LogP contribution in [0.25, 0.3) is 16.3 Å². The van der Waals surface area contributed by atoms with Crippen LogP contribution in [0.2, 0.25) is 32.2 Å². The van der Waals surface area contributed by atoms with E-state index in [0.717, 1.165) is 12.5 Å². The minimum atomic E-state index is -1.56. The minimum Gasteiger partial charge on any atom is -1.00 e. The van der Waals surface area contributed by atoms with Crippen molar-refractivity contribution in [3.8, 4) is 0 Å². The monoisotopic (exact) mass is 497 g/mol. The van der Waals surface area contributed by atoms with E-state index < -0.39 is 16.1 Å². The van der Waals surface area contributed by atoms with Crippen molar-refractivity contribution in [2.24, 2.45) is 0 Å². The molecular formula is C20H25Cl2OSi2Zr. The van der Waals surface area contributed by atoms with Gasteiger partial charge in [0.2, 0.25) is 0 Å². The van der Waals surface area contributed by atoms with Crippen molar-refractivity contribution in [1.82, 2.24) is 0 Å². The van der Waals surface area contributed by atoms with Gasteiger partial charge in [-0.2, -0.15) is 10.4 Å². The molecule has 0 spiro atoms. The summed E-state index contributed by atoms with van der Waals surface area (Å²) in [6.45, 7) is 10.0. The Labute approximate surface area is 190 Å². The van der Waals surface area contributed by atoms with E-state index in [0.29, 0.717) is 6.61 Å². The van der Waals surface area contributed by atoms with E-state index in [-0.39, 0.29) is 51.0 Å². The number of hydrogen-bond acceptors (Lipinski definition) is 1. The smallest absolute Gasteiger partial charge is 1.00 e. The van der Waals surface area contributed by atoms with Crippen molar-refractivity contribution >= 4 is 42.9 Å². The molecule has 0 bridgehead atoms. The largest absolute Gasteiger partial charge is 3.00 e. The normalized spacial score (nSPS) is 16.7. The van der Waals surface area contributed by atoms with Crippen LogP contribution in [-0.2, 0) is 26.2 Å². The molecule has 2 aromatic carbocycles. The summed E-state index contributed by atoms with van der Waals surface area (Å²) in [5.41, 5.74) is 3.01. The number of hydrogen-bond donors (Lipinski definition) is 1. The van der Waals surface area contributed by atoms with Crippen LogP contribution < -0.4 is 35.2 Å². The zero-order valence-electron chi connectivity index (χ0n) is 15.8. The van der Waals surface area contributed by atoms with Gasteiger partial charge in [0.05, 0.1) is 8.07 Å². The van der Waals surface area contributed by atoms with Crippen LogP contribution in [0.1, 0.15) is 12.0 Å². The number of allylic oxidation sites excluding steroid dienone is 4. The first-order valence-corrected chi connectivity index (χ1v) is 14.8. The first-order chi connectivity index (χ1) is 10.9. The number of aliphatic hydroxyl groups is 1. The third-order valence-electron chi connectivity index (χ3n) is 5.87. The molecule has 0 amide bonds. The van der Waals surface area contributed by atoms with E-state index in [1.165, 1.54) is 16.5 Å². The van der Waals surface area contributed by atoms with Gasteiger partial charge in [0.25, 0.3) is 0 Å². The first kappa shape index (κ1) is 24.2. The molecule has 2 aromatic rings. The summed E-state index contributed by atoms with van der Waals surface area (Å²) in [5, 5.41) is 17.4. The van der Waals surface area contributed by atoms with Crippen LogP contribution in [-0.4, -0.2) is 27.9 Å². The topological polar surface area (TPSA) is 20.2 Å². The number of rotatable bonds is 4. The molecule has 0 fully saturated rings. The molecule has 1 heterocycles. The molecule has 4 rings (SSSR count). The molecule has 0 aromatic heterocycles. The molecule has 1 N–H and O–H groups in total. The standard InChI is InChI=1S/C20H25OSi2.2ClH.Zr/c1-22(2,12-11-21)17-10-6-8-15(17)16-9-5-7-14-13-18-20(19(14)16)23(18,3)4;;;/h5-7,9-10,13,21H,8,11-12H2,1-4H3;2*1H;/q-1;;;+3/p-2. The SMILES string of the molecule is C[Si](C)(CCO)C1=C(c2cccc3[cH-]c4c(c23)[Si]4(C)C)CC=C1.[Cl-].[Cl-].[Zr+3]. The van der Waals surface area contributed by atoms with Gasteiger partial charge >= 0.3 is 26.2 Å². The zero-order valence-corrected chi connectivity index (χ0v) is 21.8. The molecule has 26 heavy (non-hydrogen) atoms. The quantitative estimate of drug-likeness (QED) is 0.369. The summed E-state index contributed by atoms with van der Waals surface area (Å²) < 4.78 is 0. The third-order valence-corrected chi connectivity index (χ3v) is 12.5. The molecule has 1 radical (unpaired) electrons. The Morgan fingerprint density at radius 1 is 1.19 bits per heavy atom. The second kappa shape index (κ2) is 8.27. The maximum atomic E-state index is 9.47. The van der Waals surface area contributed by atoms with E-state index in [1.807, 2.05) is 0 Å². The van der Waals surface area contributed by atoms with Gasteiger partial charge < -0.3 is 29.9 Å². The molecule has 1 aliphatic carbocycles. The second-order valence-corrected chi connectivity index (χ2v) is 17.3. The van der Waals surface area contributed by atoms with Gasteiger partial charge in [-0.25, -0.2) is 0 Å². The van der Waals surface area contributed by atoms with Gasteiger partial charge in [-0.3, -0.25) is 0 Å². The Kier molecular flexibility index (Phi) is 7.70. The Hall–Kier alpha value is 0.167. The summed E-state index contributed by atoms with van der Waals surface area (Å²) in [6, 6.07) is 10.2. The van der Waals surface area contributed by atoms with Crippen LogP contribution >= 0.6 is 0 Å². The summed E-state index contributed by atoms with van der Waals surface area (Å²) in [5.74, 6) is 0. The molecule has 0 saturated carbocycles. The van der Waals surface area contributed by atoms with Gasteiger partial charge in [0, 0.05) is 14.7 Å². The van der Waals surface area contributed by atoms with Crippen LogP contribution in [0.5, 0.6) is 0 Å². The maximum Gasteiger partial charge on any atom is 3.00 e. The second-order valence-electron chi connectivity index (χ2n) is 8.18. The van der Waals surface area contributed by atoms with Crippen LogP contribution in [0, 0.1) is 0 Å². The molecule has 0 unspecified atom stereocenters. The first-order valence-electron chi connectivity index (χ1n) is 8.62.